The van der Waals surface area contributed by atoms with Crippen LogP contribution in [0.2, 0.25) is 0 Å². The Morgan fingerprint density at radius 3 is 2.90 bits per heavy atom. The summed E-state index contributed by atoms with van der Waals surface area (Å²) in [6.45, 7) is 4.15. The fourth-order valence-corrected chi connectivity index (χ4v) is 3.21. The zero-order chi connectivity index (χ0) is 14.5. The molecule has 2 heterocycles. The number of anilines is 1. The first-order valence-corrected chi connectivity index (χ1v) is 7.89. The summed E-state index contributed by atoms with van der Waals surface area (Å²) in [5.41, 5.74) is 1.02. The molecular weight excluding hydrogens is 298 g/mol. The smallest absolute Gasteiger partial charge is 0.195 e. The van der Waals surface area contributed by atoms with Gasteiger partial charge in [0.1, 0.15) is 0 Å². The summed E-state index contributed by atoms with van der Waals surface area (Å²) < 4.78 is 12.5. The molecular formula is C13H20ClN3O2S. The number of hydrogen-bond acceptors (Lipinski definition) is 5. The second kappa shape index (κ2) is 7.26. The van der Waals surface area contributed by atoms with Gasteiger partial charge >= 0.3 is 0 Å². The molecule has 0 spiro atoms. The van der Waals surface area contributed by atoms with Gasteiger partial charge < -0.3 is 14.4 Å². The maximum atomic E-state index is 6.12. The van der Waals surface area contributed by atoms with E-state index in [2.05, 4.69) is 11.8 Å². The standard InChI is InChI=1S/C13H20ClN3O2S/c1-10(9-19-3)16(4-6-18-2)12-11(8-14)17-5-7-20-13(17)15-12/h5,7,10H,4,6,8-9H2,1-3H3. The van der Waals surface area contributed by atoms with Crippen LogP contribution in [0.5, 0.6) is 0 Å². The molecule has 2 aromatic heterocycles. The Morgan fingerprint density at radius 1 is 1.45 bits per heavy atom. The molecule has 112 valence electrons. The van der Waals surface area contributed by atoms with Gasteiger partial charge in [0.15, 0.2) is 10.8 Å². The molecule has 1 unspecified atom stereocenters. The number of nitrogens with zero attached hydrogens (tertiary/aromatic N) is 3. The first-order chi connectivity index (χ1) is 9.72. The Labute approximate surface area is 128 Å². The summed E-state index contributed by atoms with van der Waals surface area (Å²) in [5, 5.41) is 2.01. The Bertz CT molecular complexity index is 543. The zero-order valence-corrected chi connectivity index (χ0v) is 13.6. The Balaban J connectivity index is 2.35. The van der Waals surface area contributed by atoms with Gasteiger partial charge in [0.2, 0.25) is 0 Å². The van der Waals surface area contributed by atoms with E-state index in [9.17, 15) is 0 Å². The zero-order valence-electron chi connectivity index (χ0n) is 12.0. The summed E-state index contributed by atoms with van der Waals surface area (Å²) in [7, 11) is 3.41. The van der Waals surface area contributed by atoms with Gasteiger partial charge in [-0.3, -0.25) is 4.40 Å². The van der Waals surface area contributed by atoms with Crippen LogP contribution in [-0.4, -0.2) is 49.4 Å². The Morgan fingerprint density at radius 2 is 2.25 bits per heavy atom. The van der Waals surface area contributed by atoms with E-state index in [-0.39, 0.29) is 6.04 Å². The molecule has 0 aliphatic rings. The first-order valence-electron chi connectivity index (χ1n) is 6.47. The Hall–Kier alpha value is -0.820. The molecule has 0 saturated heterocycles. The lowest BCUT2D eigenvalue weighted by molar-refractivity contribution is 0.170. The molecule has 0 bridgehead atoms. The highest BCUT2D eigenvalue weighted by atomic mass is 35.5. The van der Waals surface area contributed by atoms with Crippen LogP contribution < -0.4 is 4.90 Å². The second-order valence-corrected chi connectivity index (χ2v) is 5.70. The van der Waals surface area contributed by atoms with Crippen LogP contribution in [0.3, 0.4) is 0 Å². The molecule has 20 heavy (non-hydrogen) atoms. The Kier molecular flexibility index (Phi) is 5.65. The van der Waals surface area contributed by atoms with Crippen molar-refractivity contribution >= 4 is 33.7 Å². The van der Waals surface area contributed by atoms with Crippen molar-refractivity contribution in [2.24, 2.45) is 0 Å². The van der Waals surface area contributed by atoms with Crippen molar-refractivity contribution in [3.05, 3.63) is 17.3 Å². The van der Waals surface area contributed by atoms with E-state index in [1.165, 1.54) is 0 Å². The van der Waals surface area contributed by atoms with Gasteiger partial charge in [-0.05, 0) is 6.92 Å². The van der Waals surface area contributed by atoms with Crippen LogP contribution in [0.4, 0.5) is 5.82 Å². The van der Waals surface area contributed by atoms with E-state index in [0.29, 0.717) is 19.1 Å². The molecule has 2 rings (SSSR count). The van der Waals surface area contributed by atoms with Gasteiger partial charge in [-0.1, -0.05) is 0 Å². The molecule has 0 amide bonds. The maximum Gasteiger partial charge on any atom is 0.195 e. The summed E-state index contributed by atoms with van der Waals surface area (Å²) in [4.78, 5) is 7.87. The SMILES string of the molecule is COCCN(c1nc2sccn2c1CCl)C(C)COC. The van der Waals surface area contributed by atoms with E-state index in [1.807, 2.05) is 16.0 Å². The summed E-state index contributed by atoms with van der Waals surface area (Å²) >= 11 is 7.73. The first kappa shape index (κ1) is 15.6. The lowest BCUT2D eigenvalue weighted by Gasteiger charge is -2.29. The predicted octanol–water partition coefficient (Wildman–Crippen LogP) is 2.62. The number of thiazole rings is 1. The molecule has 0 saturated carbocycles. The quantitative estimate of drug-likeness (QED) is 0.702. The molecule has 1 atom stereocenters. The molecule has 5 nitrogen and oxygen atoms in total. The third-order valence-electron chi connectivity index (χ3n) is 3.21. The van der Waals surface area contributed by atoms with E-state index in [0.717, 1.165) is 23.0 Å². The van der Waals surface area contributed by atoms with Crippen molar-refractivity contribution in [3.8, 4) is 0 Å². The highest BCUT2D eigenvalue weighted by molar-refractivity contribution is 7.15. The molecule has 0 aromatic carbocycles. The highest BCUT2D eigenvalue weighted by Crippen LogP contribution is 2.27. The number of fused-ring (bicyclic) bond motifs is 1. The number of aromatic nitrogens is 2. The molecule has 7 heteroatoms. The third-order valence-corrected chi connectivity index (χ3v) is 4.22. The van der Waals surface area contributed by atoms with Crippen molar-refractivity contribution in [2.75, 3.05) is 38.9 Å². The minimum atomic E-state index is 0.210. The topological polar surface area (TPSA) is 39.0 Å². The van der Waals surface area contributed by atoms with Crippen molar-refractivity contribution < 1.29 is 9.47 Å². The number of imidazole rings is 1. The maximum absolute atomic E-state index is 6.12. The molecule has 0 radical (unpaired) electrons. The van der Waals surface area contributed by atoms with Gasteiger partial charge in [0.25, 0.3) is 0 Å². The molecule has 0 aliphatic carbocycles. The van der Waals surface area contributed by atoms with Crippen LogP contribution in [-0.2, 0) is 15.4 Å². The van der Waals surface area contributed by atoms with E-state index in [1.54, 1.807) is 25.6 Å². The fourth-order valence-electron chi connectivity index (χ4n) is 2.23. The summed E-state index contributed by atoms with van der Waals surface area (Å²) in [6, 6.07) is 0.210. The van der Waals surface area contributed by atoms with Crippen LogP contribution >= 0.6 is 22.9 Å². The largest absolute Gasteiger partial charge is 0.383 e. The third kappa shape index (κ3) is 3.09. The molecule has 0 aliphatic heterocycles. The van der Waals surface area contributed by atoms with Gasteiger partial charge in [0.05, 0.1) is 30.8 Å². The summed E-state index contributed by atoms with van der Waals surface area (Å²) in [5.74, 6) is 1.35. The van der Waals surface area contributed by atoms with Crippen molar-refractivity contribution in [1.82, 2.24) is 9.38 Å². The fraction of sp³-hybridized carbons (Fsp3) is 0.615. The summed E-state index contributed by atoms with van der Waals surface area (Å²) in [6.07, 6.45) is 2.00. The monoisotopic (exact) mass is 317 g/mol. The minimum absolute atomic E-state index is 0.210. The van der Waals surface area contributed by atoms with Crippen molar-refractivity contribution in [3.63, 3.8) is 0 Å². The number of alkyl halides is 1. The van der Waals surface area contributed by atoms with Crippen molar-refractivity contribution in [2.45, 2.75) is 18.8 Å². The van der Waals surface area contributed by atoms with Gasteiger partial charge in [-0.25, -0.2) is 4.98 Å². The molecule has 0 fully saturated rings. The number of rotatable bonds is 8. The minimum Gasteiger partial charge on any atom is -0.383 e. The average Bonchev–Trinajstić information content (AvgIpc) is 2.99. The van der Waals surface area contributed by atoms with Gasteiger partial charge in [-0.2, -0.15) is 0 Å². The number of ether oxygens (including phenoxy) is 2. The molecule has 0 N–H and O–H groups in total. The normalized spacial score (nSPS) is 13.0. The van der Waals surface area contributed by atoms with Crippen LogP contribution in [0.15, 0.2) is 11.6 Å². The van der Waals surface area contributed by atoms with Crippen molar-refractivity contribution in [1.29, 1.82) is 0 Å². The lowest BCUT2D eigenvalue weighted by atomic mass is 10.2. The molecule has 2 aromatic rings. The van der Waals surface area contributed by atoms with Gasteiger partial charge in [-0.15, -0.1) is 22.9 Å². The lowest BCUT2D eigenvalue weighted by Crippen LogP contribution is -2.39. The number of methoxy groups -OCH3 is 2. The highest BCUT2D eigenvalue weighted by Gasteiger charge is 2.22. The number of halogens is 1. The second-order valence-electron chi connectivity index (χ2n) is 4.56. The van der Waals surface area contributed by atoms with Gasteiger partial charge in [0, 0.05) is 32.3 Å². The van der Waals surface area contributed by atoms with E-state index in [4.69, 9.17) is 26.1 Å². The number of hydrogen-bond donors (Lipinski definition) is 0. The van der Waals surface area contributed by atoms with E-state index < -0.39 is 0 Å². The van der Waals surface area contributed by atoms with Crippen LogP contribution in [0, 0.1) is 0 Å². The van der Waals surface area contributed by atoms with Crippen LogP contribution in [0.1, 0.15) is 12.6 Å². The average molecular weight is 318 g/mol. The van der Waals surface area contributed by atoms with E-state index >= 15 is 0 Å². The predicted molar refractivity (Wildman–Crippen MR) is 83.2 cm³/mol. The van der Waals surface area contributed by atoms with Crippen LogP contribution in [0.25, 0.3) is 4.96 Å².